The number of ether oxygens (including phenoxy) is 1. The molecule has 1 heterocycles. The average molecular weight is 464 g/mol. The monoisotopic (exact) mass is 463 g/mol. The number of unbranched alkanes of at least 4 members (excludes halogenated alkanes) is 3. The first-order valence-corrected chi connectivity index (χ1v) is 11.9. The van der Waals surface area contributed by atoms with Crippen LogP contribution in [0.1, 0.15) is 78.1 Å². The Morgan fingerprint density at radius 3 is 2.56 bits per heavy atom. The molecule has 2 rings (SSSR count). The summed E-state index contributed by atoms with van der Waals surface area (Å²) in [5.41, 5.74) is 0.361. The summed E-state index contributed by atoms with van der Waals surface area (Å²) in [7, 11) is 0. The molecule has 0 aliphatic heterocycles. The number of hydrogen-bond acceptors (Lipinski definition) is 5. The number of rotatable bonds is 12. The first-order valence-electron chi connectivity index (χ1n) is 11.5. The first-order chi connectivity index (χ1) is 15.3. The van der Waals surface area contributed by atoms with Crippen molar-refractivity contribution in [1.29, 1.82) is 0 Å². The number of hydrogen-bond donors (Lipinski definition) is 0. The van der Waals surface area contributed by atoms with Crippen molar-refractivity contribution < 1.29 is 14.3 Å². The van der Waals surface area contributed by atoms with Crippen LogP contribution in [0.2, 0.25) is 5.02 Å². The molecule has 2 aromatic rings. The molecule has 0 saturated carbocycles. The fourth-order valence-electron chi connectivity index (χ4n) is 3.80. The fourth-order valence-corrected chi connectivity index (χ4v) is 3.97. The van der Waals surface area contributed by atoms with Crippen LogP contribution in [0.4, 0.5) is 0 Å². The maximum atomic E-state index is 13.1. The Bertz CT molecular complexity index is 989. The summed E-state index contributed by atoms with van der Waals surface area (Å²) in [4.78, 5) is 44.4. The molecule has 1 unspecified atom stereocenters. The lowest BCUT2D eigenvalue weighted by Gasteiger charge is -2.30. The number of carbonyl (C=O) groups excluding carboxylic acids is 2. The van der Waals surface area contributed by atoms with Crippen LogP contribution >= 0.6 is 11.6 Å². The Kier molecular flexibility index (Phi) is 10.2. The normalized spacial score (nSPS) is 12.0. The van der Waals surface area contributed by atoms with Gasteiger partial charge in [0, 0.05) is 24.5 Å². The molecular formula is C24H34ClN3O4. The number of aromatic nitrogens is 2. The van der Waals surface area contributed by atoms with Crippen molar-refractivity contribution in [2.45, 2.75) is 78.8 Å². The largest absolute Gasteiger partial charge is 0.466 e. The van der Waals surface area contributed by atoms with Crippen LogP contribution < -0.4 is 5.56 Å². The number of esters is 1. The first kappa shape index (κ1) is 25.8. The van der Waals surface area contributed by atoms with Crippen molar-refractivity contribution in [3.05, 3.63) is 39.4 Å². The van der Waals surface area contributed by atoms with E-state index in [4.69, 9.17) is 21.3 Å². The lowest BCUT2D eigenvalue weighted by molar-refractivity contribution is -0.146. The Labute approximate surface area is 194 Å². The molecule has 0 aliphatic carbocycles. The second kappa shape index (κ2) is 12.6. The number of nitrogens with zero attached hydrogens (tertiary/aromatic N) is 3. The van der Waals surface area contributed by atoms with Gasteiger partial charge in [0.05, 0.1) is 30.0 Å². The summed E-state index contributed by atoms with van der Waals surface area (Å²) in [6.45, 7) is 8.90. The molecule has 0 N–H and O–H groups in total. The highest BCUT2D eigenvalue weighted by molar-refractivity contribution is 6.31. The zero-order chi connectivity index (χ0) is 23.7. The second-order valence-electron chi connectivity index (χ2n) is 7.81. The zero-order valence-corrected chi connectivity index (χ0v) is 20.3. The number of fused-ring (bicyclic) bond motifs is 1. The summed E-state index contributed by atoms with van der Waals surface area (Å²) in [6, 6.07) is 4.60. The van der Waals surface area contributed by atoms with Crippen LogP contribution in [0, 0.1) is 0 Å². The maximum Gasteiger partial charge on any atom is 0.306 e. The van der Waals surface area contributed by atoms with E-state index in [0.29, 0.717) is 34.8 Å². The van der Waals surface area contributed by atoms with Crippen molar-refractivity contribution >= 4 is 34.4 Å². The van der Waals surface area contributed by atoms with Gasteiger partial charge in [-0.25, -0.2) is 4.98 Å². The van der Waals surface area contributed by atoms with E-state index in [-0.39, 0.29) is 36.9 Å². The summed E-state index contributed by atoms with van der Waals surface area (Å²) in [5, 5.41) is 0.995. The van der Waals surface area contributed by atoms with E-state index in [2.05, 4.69) is 6.92 Å². The van der Waals surface area contributed by atoms with Crippen LogP contribution in [-0.2, 0) is 20.9 Å². The molecule has 8 heteroatoms. The number of carbonyl (C=O) groups is 2. The summed E-state index contributed by atoms with van der Waals surface area (Å²) < 4.78 is 6.57. The van der Waals surface area contributed by atoms with Crippen molar-refractivity contribution in [1.82, 2.24) is 14.5 Å². The Morgan fingerprint density at radius 1 is 1.16 bits per heavy atom. The number of halogens is 1. The van der Waals surface area contributed by atoms with E-state index in [1.807, 2.05) is 13.8 Å². The van der Waals surface area contributed by atoms with Gasteiger partial charge in [0.25, 0.3) is 5.56 Å². The third-order valence-electron chi connectivity index (χ3n) is 5.53. The molecule has 176 valence electrons. The third-order valence-corrected chi connectivity index (χ3v) is 5.76. The summed E-state index contributed by atoms with van der Waals surface area (Å²) in [5.74, 6) is -0.0132. The van der Waals surface area contributed by atoms with Gasteiger partial charge < -0.3 is 9.64 Å². The van der Waals surface area contributed by atoms with E-state index in [1.54, 1.807) is 34.6 Å². The van der Waals surface area contributed by atoms with Gasteiger partial charge in [-0.1, -0.05) is 37.8 Å². The number of amides is 1. The Morgan fingerprint density at radius 2 is 1.91 bits per heavy atom. The lowest BCUT2D eigenvalue weighted by Crippen LogP contribution is -2.38. The highest BCUT2D eigenvalue weighted by Crippen LogP contribution is 2.23. The summed E-state index contributed by atoms with van der Waals surface area (Å²) >= 11 is 6.13. The maximum absolute atomic E-state index is 13.1. The lowest BCUT2D eigenvalue weighted by atomic mass is 10.1. The van der Waals surface area contributed by atoms with Gasteiger partial charge in [-0.05, 0) is 45.4 Å². The van der Waals surface area contributed by atoms with E-state index in [9.17, 15) is 14.4 Å². The van der Waals surface area contributed by atoms with Crippen LogP contribution in [0.5, 0.6) is 0 Å². The quantitative estimate of drug-likeness (QED) is 0.331. The van der Waals surface area contributed by atoms with Gasteiger partial charge in [0.1, 0.15) is 5.82 Å². The van der Waals surface area contributed by atoms with Crippen LogP contribution in [0.15, 0.2) is 23.0 Å². The minimum Gasteiger partial charge on any atom is -0.466 e. The van der Waals surface area contributed by atoms with Crippen molar-refractivity contribution in [2.24, 2.45) is 0 Å². The van der Waals surface area contributed by atoms with Gasteiger partial charge in [-0.3, -0.25) is 19.0 Å². The van der Waals surface area contributed by atoms with Gasteiger partial charge in [0.15, 0.2) is 0 Å². The molecular weight excluding hydrogens is 430 g/mol. The molecule has 1 amide bonds. The van der Waals surface area contributed by atoms with E-state index < -0.39 is 6.04 Å². The molecule has 32 heavy (non-hydrogen) atoms. The van der Waals surface area contributed by atoms with Crippen LogP contribution in [-0.4, -0.2) is 39.5 Å². The highest BCUT2D eigenvalue weighted by Gasteiger charge is 2.26. The topological polar surface area (TPSA) is 81.5 Å². The van der Waals surface area contributed by atoms with Crippen molar-refractivity contribution in [2.75, 3.05) is 13.2 Å². The Balaban J connectivity index is 2.39. The predicted molar refractivity (Wildman–Crippen MR) is 127 cm³/mol. The average Bonchev–Trinajstić information content (AvgIpc) is 2.77. The molecule has 7 nitrogen and oxygen atoms in total. The molecule has 0 saturated heterocycles. The molecule has 1 aromatic carbocycles. The van der Waals surface area contributed by atoms with Gasteiger partial charge in [-0.15, -0.1) is 0 Å². The van der Waals surface area contributed by atoms with E-state index >= 15 is 0 Å². The van der Waals surface area contributed by atoms with Gasteiger partial charge in [-0.2, -0.15) is 0 Å². The molecule has 0 spiro atoms. The highest BCUT2D eigenvalue weighted by atomic mass is 35.5. The SMILES string of the molecule is CCCCCCN(C(=O)CCC(=O)OCC)C(C)c1nc2cc(Cl)ccc2c(=O)n1CC. The Hall–Kier alpha value is -2.41. The predicted octanol–water partition coefficient (Wildman–Crippen LogP) is 4.88. The zero-order valence-electron chi connectivity index (χ0n) is 19.5. The molecule has 0 bridgehead atoms. The minimum atomic E-state index is -0.428. The molecule has 0 fully saturated rings. The second-order valence-corrected chi connectivity index (χ2v) is 8.25. The third kappa shape index (κ3) is 6.55. The van der Waals surface area contributed by atoms with Crippen molar-refractivity contribution in [3.8, 4) is 0 Å². The molecule has 0 radical (unpaired) electrons. The molecule has 1 atom stereocenters. The van der Waals surface area contributed by atoms with Crippen LogP contribution in [0.25, 0.3) is 10.9 Å². The van der Waals surface area contributed by atoms with Gasteiger partial charge in [0.2, 0.25) is 5.91 Å². The van der Waals surface area contributed by atoms with Gasteiger partial charge >= 0.3 is 5.97 Å². The molecule has 1 aromatic heterocycles. The van der Waals surface area contributed by atoms with Crippen LogP contribution in [0.3, 0.4) is 0 Å². The smallest absolute Gasteiger partial charge is 0.306 e. The van der Waals surface area contributed by atoms with E-state index in [0.717, 1.165) is 25.7 Å². The fraction of sp³-hybridized carbons (Fsp3) is 0.583. The van der Waals surface area contributed by atoms with E-state index in [1.165, 1.54) is 0 Å². The number of benzene rings is 1. The minimum absolute atomic E-state index is 0.0339. The molecule has 0 aliphatic rings. The van der Waals surface area contributed by atoms with Crippen molar-refractivity contribution in [3.63, 3.8) is 0 Å². The summed E-state index contributed by atoms with van der Waals surface area (Å²) in [6.07, 6.45) is 4.13. The standard InChI is InChI=1S/C24H34ClN3O4/c1-5-8-9-10-15-28(21(29)13-14-22(30)32-7-3)17(4)23-26-20-16-18(25)11-12-19(20)24(31)27(23)6-2/h11-12,16-17H,5-10,13-15H2,1-4H3.